The van der Waals surface area contributed by atoms with E-state index < -0.39 is 27.4 Å². The SMILES string of the molecule is N#Cc1ccc(OS(=O)(=O)Cc2ccc(F)c(O)c2)cc1. The smallest absolute Gasteiger partial charge is 0.313 e. The maximum Gasteiger partial charge on any atom is 0.313 e. The number of hydrogen-bond donors (Lipinski definition) is 1. The molecule has 2 rings (SSSR count). The molecule has 0 spiro atoms. The fourth-order valence-electron chi connectivity index (χ4n) is 1.61. The topological polar surface area (TPSA) is 87.4 Å². The molecule has 7 heteroatoms. The zero-order valence-electron chi connectivity index (χ0n) is 10.7. The summed E-state index contributed by atoms with van der Waals surface area (Å²) in [6.45, 7) is 0. The number of phenolic OH excluding ortho intramolecular Hbond substituents is 1. The first-order valence-corrected chi connectivity index (χ1v) is 7.37. The van der Waals surface area contributed by atoms with E-state index in [0.717, 1.165) is 12.1 Å². The normalized spacial score (nSPS) is 10.9. The van der Waals surface area contributed by atoms with Gasteiger partial charge in [-0.3, -0.25) is 0 Å². The van der Waals surface area contributed by atoms with Crippen molar-refractivity contribution in [1.82, 2.24) is 0 Å². The van der Waals surface area contributed by atoms with Crippen LogP contribution in [0, 0.1) is 17.1 Å². The minimum atomic E-state index is -3.95. The van der Waals surface area contributed by atoms with Gasteiger partial charge in [-0.15, -0.1) is 0 Å². The van der Waals surface area contributed by atoms with Crippen molar-refractivity contribution in [3.05, 3.63) is 59.4 Å². The second-order valence-electron chi connectivity index (χ2n) is 4.21. The lowest BCUT2D eigenvalue weighted by molar-refractivity contribution is 0.431. The third kappa shape index (κ3) is 3.94. The van der Waals surface area contributed by atoms with Crippen LogP contribution in [-0.2, 0) is 15.9 Å². The van der Waals surface area contributed by atoms with Gasteiger partial charge in [-0.2, -0.15) is 13.7 Å². The highest BCUT2D eigenvalue weighted by Gasteiger charge is 2.15. The number of nitrogens with zero attached hydrogens (tertiary/aromatic N) is 1. The summed E-state index contributed by atoms with van der Waals surface area (Å²) in [4.78, 5) is 0. The van der Waals surface area contributed by atoms with Crippen LogP contribution in [0.1, 0.15) is 11.1 Å². The Labute approximate surface area is 121 Å². The maximum atomic E-state index is 12.9. The van der Waals surface area contributed by atoms with Gasteiger partial charge >= 0.3 is 10.1 Å². The monoisotopic (exact) mass is 307 g/mol. The van der Waals surface area contributed by atoms with Crippen molar-refractivity contribution >= 4 is 10.1 Å². The Morgan fingerprint density at radius 3 is 2.43 bits per heavy atom. The molecule has 5 nitrogen and oxygen atoms in total. The summed E-state index contributed by atoms with van der Waals surface area (Å²) in [5.41, 5.74) is 0.575. The summed E-state index contributed by atoms with van der Waals surface area (Å²) in [5.74, 6) is -1.90. The predicted molar refractivity (Wildman–Crippen MR) is 72.5 cm³/mol. The second kappa shape index (κ2) is 5.81. The van der Waals surface area contributed by atoms with Crippen LogP contribution < -0.4 is 4.18 Å². The zero-order valence-corrected chi connectivity index (χ0v) is 11.5. The zero-order chi connectivity index (χ0) is 15.5. The van der Waals surface area contributed by atoms with Crippen LogP contribution in [0.5, 0.6) is 11.5 Å². The molecule has 0 aliphatic carbocycles. The first-order valence-electron chi connectivity index (χ1n) is 5.79. The van der Waals surface area contributed by atoms with Gasteiger partial charge in [-0.05, 0) is 42.0 Å². The second-order valence-corrected chi connectivity index (χ2v) is 5.78. The van der Waals surface area contributed by atoms with E-state index in [1.807, 2.05) is 6.07 Å². The molecule has 0 radical (unpaired) electrons. The van der Waals surface area contributed by atoms with E-state index in [9.17, 15) is 17.9 Å². The van der Waals surface area contributed by atoms with Gasteiger partial charge in [-0.25, -0.2) is 4.39 Å². The molecule has 108 valence electrons. The van der Waals surface area contributed by atoms with Crippen molar-refractivity contribution in [2.75, 3.05) is 0 Å². The molecule has 1 N–H and O–H groups in total. The fraction of sp³-hybridized carbons (Fsp3) is 0.0714. The van der Waals surface area contributed by atoms with Crippen molar-refractivity contribution in [2.45, 2.75) is 5.75 Å². The molecule has 0 aliphatic heterocycles. The number of rotatable bonds is 4. The Hall–Kier alpha value is -2.59. The van der Waals surface area contributed by atoms with Crippen LogP contribution in [0.15, 0.2) is 42.5 Å². The van der Waals surface area contributed by atoms with E-state index in [1.54, 1.807) is 0 Å². The van der Waals surface area contributed by atoms with E-state index in [4.69, 9.17) is 9.44 Å². The molecule has 2 aromatic rings. The van der Waals surface area contributed by atoms with Crippen LogP contribution >= 0.6 is 0 Å². The highest BCUT2D eigenvalue weighted by molar-refractivity contribution is 7.86. The Bertz CT molecular complexity index is 795. The van der Waals surface area contributed by atoms with Gasteiger partial charge in [0.15, 0.2) is 11.6 Å². The molecule has 0 atom stereocenters. The lowest BCUT2D eigenvalue weighted by Crippen LogP contribution is -2.12. The number of aromatic hydroxyl groups is 1. The molecule has 0 fully saturated rings. The molecular formula is C14H10FNO4S. The number of hydrogen-bond acceptors (Lipinski definition) is 5. The lowest BCUT2D eigenvalue weighted by Gasteiger charge is -2.07. The predicted octanol–water partition coefficient (Wildman–Crippen LogP) is 2.31. The van der Waals surface area contributed by atoms with Crippen LogP contribution in [-0.4, -0.2) is 13.5 Å². The van der Waals surface area contributed by atoms with E-state index in [0.29, 0.717) is 5.56 Å². The molecule has 0 aliphatic rings. The molecule has 0 saturated carbocycles. The summed E-state index contributed by atoms with van der Waals surface area (Å²) >= 11 is 0. The first-order chi connectivity index (χ1) is 9.89. The number of halogens is 1. The number of nitriles is 1. The van der Waals surface area contributed by atoms with E-state index >= 15 is 0 Å². The average molecular weight is 307 g/mol. The molecular weight excluding hydrogens is 297 g/mol. The van der Waals surface area contributed by atoms with Gasteiger partial charge in [0.2, 0.25) is 0 Å². The van der Waals surface area contributed by atoms with E-state index in [1.165, 1.54) is 30.3 Å². The molecule has 0 heterocycles. The molecule has 0 amide bonds. The first kappa shape index (κ1) is 14.8. The summed E-state index contributed by atoms with van der Waals surface area (Å²) in [6.07, 6.45) is 0. The van der Waals surface area contributed by atoms with E-state index in [-0.39, 0.29) is 11.3 Å². The number of phenols is 1. The lowest BCUT2D eigenvalue weighted by atomic mass is 10.2. The van der Waals surface area contributed by atoms with Gasteiger partial charge in [0.1, 0.15) is 11.5 Å². The van der Waals surface area contributed by atoms with Crippen LogP contribution in [0.2, 0.25) is 0 Å². The maximum absolute atomic E-state index is 12.9. The Morgan fingerprint density at radius 1 is 1.19 bits per heavy atom. The Kier molecular flexibility index (Phi) is 4.10. The summed E-state index contributed by atoms with van der Waals surface area (Å²) in [5, 5.41) is 17.8. The van der Waals surface area contributed by atoms with Crippen molar-refractivity contribution in [1.29, 1.82) is 5.26 Å². The molecule has 0 unspecified atom stereocenters. The Morgan fingerprint density at radius 2 is 1.86 bits per heavy atom. The van der Waals surface area contributed by atoms with Crippen molar-refractivity contribution in [2.24, 2.45) is 0 Å². The average Bonchev–Trinajstić information content (AvgIpc) is 2.43. The standard InChI is InChI=1S/C14H10FNO4S/c15-13-6-3-11(7-14(13)17)9-21(18,19)20-12-4-1-10(8-16)2-5-12/h1-7,17H,9H2. The summed E-state index contributed by atoms with van der Waals surface area (Å²) in [7, 11) is -3.95. The largest absolute Gasteiger partial charge is 0.505 e. The third-order valence-electron chi connectivity index (χ3n) is 2.56. The molecule has 0 saturated heterocycles. The highest BCUT2D eigenvalue weighted by atomic mass is 32.2. The minimum absolute atomic E-state index is 0.0698. The summed E-state index contributed by atoms with van der Waals surface area (Å²) < 4.78 is 41.5. The van der Waals surface area contributed by atoms with Gasteiger partial charge < -0.3 is 9.29 Å². The van der Waals surface area contributed by atoms with Gasteiger partial charge in [0, 0.05) is 0 Å². The van der Waals surface area contributed by atoms with Gasteiger partial charge in [0.05, 0.1) is 11.6 Å². The van der Waals surface area contributed by atoms with Gasteiger partial charge in [0.25, 0.3) is 0 Å². The van der Waals surface area contributed by atoms with Crippen molar-refractivity contribution < 1.29 is 22.1 Å². The van der Waals surface area contributed by atoms with E-state index in [2.05, 4.69) is 0 Å². The molecule has 2 aromatic carbocycles. The van der Waals surface area contributed by atoms with Gasteiger partial charge in [-0.1, -0.05) is 6.07 Å². The highest BCUT2D eigenvalue weighted by Crippen LogP contribution is 2.20. The minimum Gasteiger partial charge on any atom is -0.505 e. The third-order valence-corrected chi connectivity index (χ3v) is 3.69. The van der Waals surface area contributed by atoms with Crippen LogP contribution in [0.3, 0.4) is 0 Å². The van der Waals surface area contributed by atoms with Crippen LogP contribution in [0.4, 0.5) is 4.39 Å². The van der Waals surface area contributed by atoms with Crippen molar-refractivity contribution in [3.8, 4) is 17.6 Å². The Balaban J connectivity index is 2.14. The summed E-state index contributed by atoms with van der Waals surface area (Å²) in [6, 6.07) is 10.7. The van der Waals surface area contributed by atoms with Crippen LogP contribution in [0.25, 0.3) is 0 Å². The molecule has 0 bridgehead atoms. The molecule has 0 aromatic heterocycles. The molecule has 21 heavy (non-hydrogen) atoms. The fourth-order valence-corrected chi connectivity index (χ4v) is 2.66. The quantitative estimate of drug-likeness (QED) is 0.876. The number of benzene rings is 2. The van der Waals surface area contributed by atoms with Crippen molar-refractivity contribution in [3.63, 3.8) is 0 Å².